The van der Waals surface area contributed by atoms with Gasteiger partial charge in [0.05, 0.1) is 35.4 Å². The molecule has 3 N–H and O–H groups in total. The van der Waals surface area contributed by atoms with Crippen LogP contribution >= 0.6 is 11.3 Å². The van der Waals surface area contributed by atoms with Crippen LogP contribution in [0.1, 0.15) is 35.5 Å². The molecule has 0 aliphatic carbocycles. The average Bonchev–Trinajstić information content (AvgIpc) is 2.83. The van der Waals surface area contributed by atoms with E-state index in [1.54, 1.807) is 11.3 Å². The first-order chi connectivity index (χ1) is 8.84. The van der Waals surface area contributed by atoms with Gasteiger partial charge >= 0.3 is 0 Å². The van der Waals surface area contributed by atoms with Crippen LogP contribution in [0.15, 0.2) is 0 Å². The Bertz CT molecular complexity index is 488. The predicted octanol–water partition coefficient (Wildman–Crippen LogP) is 1.30. The van der Waals surface area contributed by atoms with Crippen molar-refractivity contribution in [2.24, 2.45) is 11.1 Å². The SMILES string of the molecule is Cc1nc(C)c(C(C)NC(=O)C2(C)COCC2N)s1. The van der Waals surface area contributed by atoms with Crippen molar-refractivity contribution >= 4 is 17.2 Å². The number of rotatable bonds is 3. The number of hydrogen-bond donors (Lipinski definition) is 2. The topological polar surface area (TPSA) is 77.2 Å². The standard InChI is InChI=1S/C13H21N3O2S/c1-7-11(19-9(3)15-7)8(2)16-12(17)13(4)6-18-5-10(13)14/h8,10H,5-6,14H2,1-4H3,(H,16,17). The number of nitrogens with zero attached hydrogens (tertiary/aromatic N) is 1. The fraction of sp³-hybridized carbons (Fsp3) is 0.692. The molecule has 5 nitrogen and oxygen atoms in total. The van der Waals surface area contributed by atoms with Gasteiger partial charge in [0.2, 0.25) is 5.91 Å². The summed E-state index contributed by atoms with van der Waals surface area (Å²) in [4.78, 5) is 17.9. The van der Waals surface area contributed by atoms with E-state index < -0.39 is 5.41 Å². The highest BCUT2D eigenvalue weighted by Crippen LogP contribution is 2.30. The largest absolute Gasteiger partial charge is 0.379 e. The minimum atomic E-state index is -0.637. The number of hydrogen-bond acceptors (Lipinski definition) is 5. The first-order valence-electron chi connectivity index (χ1n) is 6.43. The Labute approximate surface area is 117 Å². The van der Waals surface area contributed by atoms with E-state index in [4.69, 9.17) is 10.5 Å². The number of thiazole rings is 1. The molecular formula is C13H21N3O2S. The van der Waals surface area contributed by atoms with Crippen LogP contribution in [0.4, 0.5) is 0 Å². The zero-order valence-corrected chi connectivity index (χ0v) is 12.6. The van der Waals surface area contributed by atoms with E-state index in [2.05, 4.69) is 10.3 Å². The summed E-state index contributed by atoms with van der Waals surface area (Å²) in [5.74, 6) is -0.0459. The molecule has 1 amide bonds. The summed E-state index contributed by atoms with van der Waals surface area (Å²) < 4.78 is 5.31. The third kappa shape index (κ3) is 2.66. The smallest absolute Gasteiger partial charge is 0.230 e. The normalized spacial score (nSPS) is 28.4. The van der Waals surface area contributed by atoms with E-state index in [1.807, 2.05) is 27.7 Å². The van der Waals surface area contributed by atoms with E-state index in [1.165, 1.54) is 0 Å². The fourth-order valence-corrected chi connectivity index (χ4v) is 3.23. The van der Waals surface area contributed by atoms with Gasteiger partial charge in [-0.2, -0.15) is 0 Å². The van der Waals surface area contributed by atoms with Crippen LogP contribution in [0.5, 0.6) is 0 Å². The van der Waals surface area contributed by atoms with E-state index in [0.29, 0.717) is 13.2 Å². The summed E-state index contributed by atoms with van der Waals surface area (Å²) in [5, 5.41) is 4.05. The average molecular weight is 283 g/mol. The molecule has 106 valence electrons. The van der Waals surface area contributed by atoms with Gasteiger partial charge in [0.15, 0.2) is 0 Å². The summed E-state index contributed by atoms with van der Waals surface area (Å²) in [7, 11) is 0. The van der Waals surface area contributed by atoms with E-state index in [0.717, 1.165) is 15.6 Å². The Hall–Kier alpha value is -0.980. The van der Waals surface area contributed by atoms with Crippen molar-refractivity contribution in [3.63, 3.8) is 0 Å². The Morgan fingerprint density at radius 3 is 2.79 bits per heavy atom. The molecule has 0 radical (unpaired) electrons. The molecule has 1 aliphatic heterocycles. The molecule has 1 saturated heterocycles. The summed E-state index contributed by atoms with van der Waals surface area (Å²) in [5.41, 5.74) is 6.31. The molecule has 1 aromatic heterocycles. The van der Waals surface area contributed by atoms with Crippen molar-refractivity contribution in [1.82, 2.24) is 10.3 Å². The first-order valence-corrected chi connectivity index (χ1v) is 7.24. The van der Waals surface area contributed by atoms with Gasteiger partial charge in [-0.15, -0.1) is 11.3 Å². The van der Waals surface area contributed by atoms with Crippen LogP contribution in [-0.2, 0) is 9.53 Å². The highest BCUT2D eigenvalue weighted by atomic mass is 32.1. The van der Waals surface area contributed by atoms with Crippen LogP contribution in [0.2, 0.25) is 0 Å². The molecule has 0 spiro atoms. The number of amides is 1. The second-order valence-corrected chi connectivity index (χ2v) is 6.65. The van der Waals surface area contributed by atoms with Crippen LogP contribution in [-0.4, -0.2) is 30.1 Å². The lowest BCUT2D eigenvalue weighted by Gasteiger charge is -2.27. The summed E-state index contributed by atoms with van der Waals surface area (Å²) in [6.07, 6.45) is 0. The fourth-order valence-electron chi connectivity index (χ4n) is 2.30. The maximum absolute atomic E-state index is 12.4. The number of aryl methyl sites for hydroxylation is 2. The van der Waals surface area contributed by atoms with Crippen LogP contribution in [0.3, 0.4) is 0 Å². The van der Waals surface area contributed by atoms with Crippen molar-refractivity contribution in [2.75, 3.05) is 13.2 Å². The number of aromatic nitrogens is 1. The van der Waals surface area contributed by atoms with Crippen molar-refractivity contribution < 1.29 is 9.53 Å². The number of carbonyl (C=O) groups excluding carboxylic acids is 1. The lowest BCUT2D eigenvalue weighted by Crippen LogP contribution is -2.50. The molecule has 1 aromatic rings. The van der Waals surface area contributed by atoms with E-state index in [-0.39, 0.29) is 18.0 Å². The number of nitrogens with two attached hydrogens (primary N) is 1. The molecule has 1 aliphatic rings. The maximum atomic E-state index is 12.4. The lowest BCUT2D eigenvalue weighted by molar-refractivity contribution is -0.131. The summed E-state index contributed by atoms with van der Waals surface area (Å²) in [6.45, 7) is 8.59. The number of carbonyl (C=O) groups is 1. The molecule has 3 atom stereocenters. The molecule has 0 saturated carbocycles. The summed E-state index contributed by atoms with van der Waals surface area (Å²) in [6, 6.07) is -0.299. The van der Waals surface area contributed by atoms with Gasteiger partial charge in [0.1, 0.15) is 0 Å². The zero-order chi connectivity index (χ0) is 14.2. The maximum Gasteiger partial charge on any atom is 0.230 e. The third-order valence-electron chi connectivity index (χ3n) is 3.72. The minimum Gasteiger partial charge on any atom is -0.379 e. The molecular weight excluding hydrogens is 262 g/mol. The van der Waals surface area contributed by atoms with Gasteiger partial charge in [-0.25, -0.2) is 4.98 Å². The van der Waals surface area contributed by atoms with Crippen molar-refractivity contribution in [2.45, 2.75) is 39.8 Å². The van der Waals surface area contributed by atoms with Crippen LogP contribution in [0, 0.1) is 19.3 Å². The first kappa shape index (κ1) is 14.4. The summed E-state index contributed by atoms with van der Waals surface area (Å²) >= 11 is 1.62. The van der Waals surface area contributed by atoms with Crippen molar-refractivity contribution in [3.05, 3.63) is 15.6 Å². The minimum absolute atomic E-state index is 0.0459. The second-order valence-electron chi connectivity index (χ2n) is 5.42. The molecule has 19 heavy (non-hydrogen) atoms. The quantitative estimate of drug-likeness (QED) is 0.876. The van der Waals surface area contributed by atoms with Gasteiger partial charge in [-0.3, -0.25) is 4.79 Å². The van der Waals surface area contributed by atoms with Gasteiger partial charge in [0, 0.05) is 10.9 Å². The number of ether oxygens (including phenoxy) is 1. The Kier molecular flexibility index (Phi) is 3.94. The molecule has 0 aromatic carbocycles. The van der Waals surface area contributed by atoms with Gasteiger partial charge in [0.25, 0.3) is 0 Å². The number of nitrogens with one attached hydrogen (secondary N) is 1. The molecule has 0 bridgehead atoms. The Morgan fingerprint density at radius 2 is 2.32 bits per heavy atom. The van der Waals surface area contributed by atoms with Crippen LogP contribution < -0.4 is 11.1 Å². The molecule has 1 fully saturated rings. The molecule has 6 heteroatoms. The second kappa shape index (κ2) is 5.19. The van der Waals surface area contributed by atoms with Crippen LogP contribution in [0.25, 0.3) is 0 Å². The molecule has 2 rings (SSSR count). The van der Waals surface area contributed by atoms with E-state index >= 15 is 0 Å². The Balaban J connectivity index is 2.09. The highest BCUT2D eigenvalue weighted by molar-refractivity contribution is 7.11. The highest BCUT2D eigenvalue weighted by Gasteiger charge is 2.44. The zero-order valence-electron chi connectivity index (χ0n) is 11.8. The van der Waals surface area contributed by atoms with Gasteiger partial charge < -0.3 is 15.8 Å². The van der Waals surface area contributed by atoms with Crippen molar-refractivity contribution in [1.29, 1.82) is 0 Å². The third-order valence-corrected chi connectivity index (χ3v) is 4.97. The van der Waals surface area contributed by atoms with Crippen molar-refractivity contribution in [3.8, 4) is 0 Å². The lowest BCUT2D eigenvalue weighted by atomic mass is 9.84. The van der Waals surface area contributed by atoms with E-state index in [9.17, 15) is 4.79 Å². The molecule has 3 unspecified atom stereocenters. The van der Waals surface area contributed by atoms with Gasteiger partial charge in [-0.1, -0.05) is 0 Å². The monoisotopic (exact) mass is 283 g/mol. The van der Waals surface area contributed by atoms with Gasteiger partial charge in [-0.05, 0) is 27.7 Å². The molecule has 2 heterocycles. The Morgan fingerprint density at radius 1 is 1.63 bits per heavy atom. The predicted molar refractivity (Wildman–Crippen MR) is 75.0 cm³/mol.